The third-order valence-corrected chi connectivity index (χ3v) is 6.32. The van der Waals surface area contributed by atoms with Crippen molar-refractivity contribution in [2.24, 2.45) is 16.8 Å². The van der Waals surface area contributed by atoms with Crippen molar-refractivity contribution in [3.8, 4) is 0 Å². The van der Waals surface area contributed by atoms with E-state index in [0.29, 0.717) is 13.1 Å². The average molecular weight is 488 g/mol. The largest absolute Gasteiger partial charge is 0.357 e. The molecule has 0 spiro atoms. The number of sulfonamides is 1. The summed E-state index contributed by atoms with van der Waals surface area (Å²) in [5.41, 5.74) is 0. The van der Waals surface area contributed by atoms with E-state index in [0.717, 1.165) is 43.9 Å². The highest BCUT2D eigenvalue weighted by molar-refractivity contribution is 14.0. The Kier molecular flexibility index (Phi) is 12.3. The number of nitrogens with one attached hydrogen (secondary N) is 1. The van der Waals surface area contributed by atoms with Crippen LogP contribution in [0.4, 0.5) is 0 Å². The Balaban J connectivity index is 0.00000576. The molecule has 1 atom stereocenters. The van der Waals surface area contributed by atoms with Crippen LogP contribution in [-0.2, 0) is 10.0 Å². The van der Waals surface area contributed by atoms with Gasteiger partial charge in [-0.2, -0.15) is 0 Å². The molecule has 0 radical (unpaired) electrons. The van der Waals surface area contributed by atoms with Crippen molar-refractivity contribution in [1.82, 2.24) is 14.5 Å². The highest BCUT2D eigenvalue weighted by Crippen LogP contribution is 2.23. The van der Waals surface area contributed by atoms with Crippen LogP contribution in [-0.4, -0.2) is 69.1 Å². The topological polar surface area (TPSA) is 65.0 Å². The van der Waals surface area contributed by atoms with Crippen molar-refractivity contribution in [1.29, 1.82) is 0 Å². The number of rotatable bonds is 9. The van der Waals surface area contributed by atoms with E-state index < -0.39 is 10.0 Å². The average Bonchev–Trinajstić information content (AvgIpc) is 2.97. The minimum atomic E-state index is -3.08. The molecular weight excluding hydrogens is 451 g/mol. The standard InChI is InChI=1S/C17H36N4O2S.HI/c1-6-18-17(21-12-9-16(14-21)13-15(3)4)19-10-8-11-20(5)24(22,23)7-2;/h15-16H,6-14H2,1-5H3,(H,18,19);1H. The van der Waals surface area contributed by atoms with Gasteiger partial charge >= 0.3 is 0 Å². The molecule has 0 bridgehead atoms. The summed E-state index contributed by atoms with van der Waals surface area (Å²) in [5.74, 6) is 2.63. The fourth-order valence-electron chi connectivity index (χ4n) is 3.15. The first-order valence-corrected chi connectivity index (χ1v) is 10.9. The van der Waals surface area contributed by atoms with E-state index >= 15 is 0 Å². The van der Waals surface area contributed by atoms with Crippen LogP contribution in [0.3, 0.4) is 0 Å². The second-order valence-electron chi connectivity index (χ2n) is 7.04. The molecule has 1 aliphatic heterocycles. The highest BCUT2D eigenvalue weighted by atomic mass is 127. The maximum absolute atomic E-state index is 11.7. The lowest BCUT2D eigenvalue weighted by molar-refractivity contribution is 0.403. The van der Waals surface area contributed by atoms with Crippen molar-refractivity contribution in [3.05, 3.63) is 0 Å². The molecule has 1 unspecified atom stereocenters. The van der Waals surface area contributed by atoms with E-state index in [1.54, 1.807) is 14.0 Å². The van der Waals surface area contributed by atoms with Crippen molar-refractivity contribution in [3.63, 3.8) is 0 Å². The summed E-state index contributed by atoms with van der Waals surface area (Å²) in [5, 5.41) is 3.37. The van der Waals surface area contributed by atoms with Gasteiger partial charge in [0.05, 0.1) is 5.75 Å². The van der Waals surface area contributed by atoms with Gasteiger partial charge < -0.3 is 10.2 Å². The van der Waals surface area contributed by atoms with Gasteiger partial charge in [0.1, 0.15) is 0 Å². The first-order valence-electron chi connectivity index (χ1n) is 9.27. The SMILES string of the molecule is CCNC(=NCCCN(C)S(=O)(=O)CC)N1CCC(CC(C)C)C1.I. The first kappa shape index (κ1) is 24.9. The minimum absolute atomic E-state index is 0. The lowest BCUT2D eigenvalue weighted by Crippen LogP contribution is -2.40. The Morgan fingerprint density at radius 3 is 2.60 bits per heavy atom. The molecule has 25 heavy (non-hydrogen) atoms. The van der Waals surface area contributed by atoms with Crippen LogP contribution in [0.2, 0.25) is 0 Å². The van der Waals surface area contributed by atoms with Crippen LogP contribution in [0.25, 0.3) is 0 Å². The van der Waals surface area contributed by atoms with Gasteiger partial charge in [-0.1, -0.05) is 13.8 Å². The molecule has 1 fully saturated rings. The van der Waals surface area contributed by atoms with Gasteiger partial charge in [-0.3, -0.25) is 4.99 Å². The van der Waals surface area contributed by atoms with Crippen LogP contribution in [0, 0.1) is 11.8 Å². The van der Waals surface area contributed by atoms with Gasteiger partial charge in [0, 0.05) is 39.8 Å². The van der Waals surface area contributed by atoms with Gasteiger partial charge in [0.25, 0.3) is 0 Å². The molecule has 0 aromatic carbocycles. The zero-order valence-corrected chi connectivity index (χ0v) is 19.6. The quantitative estimate of drug-likeness (QED) is 0.235. The third kappa shape index (κ3) is 8.90. The Labute approximate surface area is 171 Å². The molecule has 1 rings (SSSR count). The zero-order chi connectivity index (χ0) is 18.2. The molecule has 1 aliphatic rings. The van der Waals surface area contributed by atoms with E-state index in [1.807, 2.05) is 0 Å². The maximum atomic E-state index is 11.7. The maximum Gasteiger partial charge on any atom is 0.213 e. The summed E-state index contributed by atoms with van der Waals surface area (Å²) in [6, 6.07) is 0. The number of hydrogen-bond donors (Lipinski definition) is 1. The summed E-state index contributed by atoms with van der Waals surface area (Å²) < 4.78 is 24.9. The normalized spacial score (nSPS) is 18.8. The van der Waals surface area contributed by atoms with Crippen LogP contribution in [0.15, 0.2) is 4.99 Å². The smallest absolute Gasteiger partial charge is 0.213 e. The molecule has 0 aromatic heterocycles. The van der Waals surface area contributed by atoms with Crippen molar-refractivity contribution in [2.75, 3.05) is 45.5 Å². The number of hydrogen-bond acceptors (Lipinski definition) is 3. The molecule has 0 aromatic rings. The molecule has 0 amide bonds. The predicted octanol–water partition coefficient (Wildman–Crippen LogP) is 2.61. The highest BCUT2D eigenvalue weighted by Gasteiger charge is 2.25. The van der Waals surface area contributed by atoms with E-state index in [-0.39, 0.29) is 29.7 Å². The van der Waals surface area contributed by atoms with E-state index in [9.17, 15) is 8.42 Å². The van der Waals surface area contributed by atoms with Gasteiger partial charge in [-0.05, 0) is 44.9 Å². The molecule has 1 N–H and O–H groups in total. The number of likely N-dealkylation sites (tertiary alicyclic amines) is 1. The second-order valence-corrected chi connectivity index (χ2v) is 9.41. The predicted molar refractivity (Wildman–Crippen MR) is 117 cm³/mol. The Hall–Kier alpha value is -0.0900. The molecule has 150 valence electrons. The van der Waals surface area contributed by atoms with Crippen molar-refractivity contribution < 1.29 is 8.42 Å². The van der Waals surface area contributed by atoms with Crippen LogP contribution < -0.4 is 5.32 Å². The summed E-state index contributed by atoms with van der Waals surface area (Å²) in [6.45, 7) is 12.5. The van der Waals surface area contributed by atoms with Crippen molar-refractivity contribution in [2.45, 2.75) is 47.0 Å². The van der Waals surface area contributed by atoms with E-state index in [1.165, 1.54) is 17.1 Å². The summed E-state index contributed by atoms with van der Waals surface area (Å²) in [4.78, 5) is 7.05. The lowest BCUT2D eigenvalue weighted by atomic mass is 9.97. The molecule has 0 aliphatic carbocycles. The monoisotopic (exact) mass is 488 g/mol. The van der Waals surface area contributed by atoms with Gasteiger partial charge in [0.15, 0.2) is 5.96 Å². The van der Waals surface area contributed by atoms with Gasteiger partial charge in [0.2, 0.25) is 10.0 Å². The summed E-state index contributed by atoms with van der Waals surface area (Å²) in [7, 11) is -1.44. The molecule has 1 heterocycles. The number of halogens is 1. The van der Waals surface area contributed by atoms with E-state index in [2.05, 4.69) is 31.0 Å². The minimum Gasteiger partial charge on any atom is -0.357 e. The van der Waals surface area contributed by atoms with Crippen LogP contribution in [0.1, 0.15) is 47.0 Å². The summed E-state index contributed by atoms with van der Waals surface area (Å²) >= 11 is 0. The number of aliphatic imine (C=N–C) groups is 1. The molecule has 1 saturated heterocycles. The zero-order valence-electron chi connectivity index (χ0n) is 16.5. The van der Waals surface area contributed by atoms with Crippen LogP contribution >= 0.6 is 24.0 Å². The van der Waals surface area contributed by atoms with Crippen LogP contribution in [0.5, 0.6) is 0 Å². The molecule has 8 heteroatoms. The molecular formula is C17H37IN4O2S. The Morgan fingerprint density at radius 1 is 1.36 bits per heavy atom. The van der Waals surface area contributed by atoms with Gasteiger partial charge in [-0.25, -0.2) is 12.7 Å². The number of guanidine groups is 1. The second kappa shape index (κ2) is 12.3. The fraction of sp³-hybridized carbons (Fsp3) is 0.941. The molecule has 0 saturated carbocycles. The Morgan fingerprint density at radius 2 is 2.04 bits per heavy atom. The first-order chi connectivity index (χ1) is 11.3. The van der Waals surface area contributed by atoms with Crippen molar-refractivity contribution >= 4 is 40.0 Å². The molecule has 6 nitrogen and oxygen atoms in total. The summed E-state index contributed by atoms with van der Waals surface area (Å²) in [6.07, 6.45) is 3.25. The lowest BCUT2D eigenvalue weighted by Gasteiger charge is -2.22. The Bertz CT molecular complexity index is 497. The fourth-order valence-corrected chi connectivity index (χ4v) is 4.00. The van der Waals surface area contributed by atoms with Gasteiger partial charge in [-0.15, -0.1) is 24.0 Å². The number of nitrogens with zero attached hydrogens (tertiary/aromatic N) is 3. The van der Waals surface area contributed by atoms with E-state index in [4.69, 9.17) is 4.99 Å². The third-order valence-electron chi connectivity index (χ3n) is 4.46.